The summed E-state index contributed by atoms with van der Waals surface area (Å²) in [6.45, 7) is 4.38. The molecule has 4 rings (SSSR count). The smallest absolute Gasteiger partial charge is 0.363 e. The van der Waals surface area contributed by atoms with Gasteiger partial charge in [-0.15, -0.1) is 0 Å². The fourth-order valence-electron chi connectivity index (χ4n) is 3.19. The first-order valence-corrected chi connectivity index (χ1v) is 10.5. The van der Waals surface area contributed by atoms with E-state index in [-0.39, 0.29) is 11.6 Å². The lowest BCUT2D eigenvalue weighted by Crippen LogP contribution is -2.05. The molecule has 0 unspecified atom stereocenters. The van der Waals surface area contributed by atoms with E-state index in [0.717, 1.165) is 16.7 Å². The van der Waals surface area contributed by atoms with Gasteiger partial charge in [-0.1, -0.05) is 59.1 Å². The Morgan fingerprint density at radius 3 is 2.31 bits per heavy atom. The van der Waals surface area contributed by atoms with Gasteiger partial charge in [0, 0.05) is 5.56 Å². The second-order valence-electron chi connectivity index (χ2n) is 7.51. The quantitative estimate of drug-likeness (QED) is 0.349. The highest BCUT2D eigenvalue weighted by molar-refractivity contribution is 6.32. The molecule has 0 radical (unpaired) electrons. The number of carbonyl (C=O) groups excluding carboxylic acids is 1. The maximum Gasteiger partial charge on any atom is 0.363 e. The van der Waals surface area contributed by atoms with Gasteiger partial charge in [0.05, 0.1) is 12.1 Å². The minimum absolute atomic E-state index is 0.187. The van der Waals surface area contributed by atoms with E-state index >= 15 is 0 Å². The molecule has 0 fully saturated rings. The van der Waals surface area contributed by atoms with E-state index < -0.39 is 5.97 Å². The van der Waals surface area contributed by atoms with E-state index in [2.05, 4.69) is 4.99 Å². The van der Waals surface area contributed by atoms with E-state index in [4.69, 9.17) is 25.8 Å². The van der Waals surface area contributed by atoms with Crippen molar-refractivity contribution >= 4 is 29.5 Å². The lowest BCUT2D eigenvalue weighted by molar-refractivity contribution is -0.129. The van der Waals surface area contributed by atoms with Crippen LogP contribution in [0.1, 0.15) is 27.8 Å². The van der Waals surface area contributed by atoms with Gasteiger partial charge in [-0.3, -0.25) is 0 Å². The van der Waals surface area contributed by atoms with Crippen LogP contribution >= 0.6 is 11.6 Å². The van der Waals surface area contributed by atoms with Crippen LogP contribution in [0.2, 0.25) is 5.02 Å². The van der Waals surface area contributed by atoms with E-state index in [9.17, 15) is 4.79 Å². The van der Waals surface area contributed by atoms with E-state index in [0.29, 0.717) is 28.7 Å². The van der Waals surface area contributed by atoms with Gasteiger partial charge in [0.1, 0.15) is 6.61 Å². The molecule has 0 amide bonds. The van der Waals surface area contributed by atoms with E-state index in [1.165, 1.54) is 5.56 Å². The topological polar surface area (TPSA) is 57.1 Å². The predicted molar refractivity (Wildman–Crippen MR) is 125 cm³/mol. The Morgan fingerprint density at radius 1 is 1.00 bits per heavy atom. The van der Waals surface area contributed by atoms with Crippen LogP contribution in [0.5, 0.6) is 11.5 Å². The average Bonchev–Trinajstić information content (AvgIpc) is 3.14. The van der Waals surface area contributed by atoms with Crippen LogP contribution in [0.4, 0.5) is 0 Å². The molecule has 32 heavy (non-hydrogen) atoms. The molecule has 3 aromatic carbocycles. The van der Waals surface area contributed by atoms with Crippen molar-refractivity contribution in [1.29, 1.82) is 0 Å². The summed E-state index contributed by atoms with van der Waals surface area (Å²) in [6, 6.07) is 19.1. The molecule has 5 nitrogen and oxygen atoms in total. The Hall–Kier alpha value is -3.57. The second-order valence-corrected chi connectivity index (χ2v) is 7.92. The van der Waals surface area contributed by atoms with Crippen LogP contribution in [-0.2, 0) is 16.1 Å². The predicted octanol–water partition coefficient (Wildman–Crippen LogP) is 5.89. The molecule has 0 aromatic heterocycles. The Morgan fingerprint density at radius 2 is 1.66 bits per heavy atom. The number of hydrogen-bond acceptors (Lipinski definition) is 5. The van der Waals surface area contributed by atoms with Crippen molar-refractivity contribution in [3.8, 4) is 11.5 Å². The summed E-state index contributed by atoms with van der Waals surface area (Å²) in [5.74, 6) is 0.660. The summed E-state index contributed by atoms with van der Waals surface area (Å²) in [6.07, 6.45) is 1.61. The van der Waals surface area contributed by atoms with Crippen LogP contribution in [0.25, 0.3) is 6.08 Å². The largest absolute Gasteiger partial charge is 0.493 e. The summed E-state index contributed by atoms with van der Waals surface area (Å²) in [5.41, 5.74) is 4.89. The number of benzene rings is 3. The van der Waals surface area contributed by atoms with Crippen molar-refractivity contribution in [1.82, 2.24) is 0 Å². The first-order chi connectivity index (χ1) is 15.4. The average molecular weight is 448 g/mol. The molecular formula is C26H22ClNO4. The number of esters is 1. The number of halogens is 1. The molecule has 0 saturated carbocycles. The van der Waals surface area contributed by atoms with Crippen LogP contribution < -0.4 is 9.47 Å². The monoisotopic (exact) mass is 447 g/mol. The molecule has 0 N–H and O–H groups in total. The highest BCUT2D eigenvalue weighted by Crippen LogP contribution is 2.38. The normalized spacial score (nSPS) is 14.3. The summed E-state index contributed by atoms with van der Waals surface area (Å²) in [7, 11) is 1.54. The third-order valence-electron chi connectivity index (χ3n) is 4.98. The summed E-state index contributed by atoms with van der Waals surface area (Å²) in [4.78, 5) is 16.7. The number of aliphatic imine (C=N–C) groups is 1. The van der Waals surface area contributed by atoms with Gasteiger partial charge in [-0.05, 0) is 55.3 Å². The van der Waals surface area contributed by atoms with Gasteiger partial charge in [-0.2, -0.15) is 0 Å². The Labute approximate surface area is 191 Å². The van der Waals surface area contributed by atoms with Gasteiger partial charge in [-0.25, -0.2) is 9.79 Å². The molecule has 0 spiro atoms. The number of aryl methyl sites for hydroxylation is 2. The lowest BCUT2D eigenvalue weighted by atomic mass is 10.1. The van der Waals surface area contributed by atoms with Gasteiger partial charge in [0.2, 0.25) is 5.90 Å². The molecule has 6 heteroatoms. The molecule has 0 saturated heterocycles. The van der Waals surface area contributed by atoms with E-state index in [1.807, 2.05) is 62.4 Å². The van der Waals surface area contributed by atoms with Crippen molar-refractivity contribution in [3.63, 3.8) is 0 Å². The minimum atomic E-state index is -0.518. The van der Waals surface area contributed by atoms with Gasteiger partial charge in [0.25, 0.3) is 0 Å². The minimum Gasteiger partial charge on any atom is -0.493 e. The molecule has 0 atom stereocenters. The molecule has 0 bridgehead atoms. The molecular weight excluding hydrogens is 426 g/mol. The van der Waals surface area contributed by atoms with Crippen LogP contribution in [0.3, 0.4) is 0 Å². The number of carbonyl (C=O) groups is 1. The van der Waals surface area contributed by atoms with Crippen LogP contribution in [-0.4, -0.2) is 19.0 Å². The van der Waals surface area contributed by atoms with Crippen LogP contribution in [0.15, 0.2) is 71.4 Å². The van der Waals surface area contributed by atoms with Crippen molar-refractivity contribution in [2.75, 3.05) is 7.11 Å². The highest BCUT2D eigenvalue weighted by Gasteiger charge is 2.24. The van der Waals surface area contributed by atoms with Crippen molar-refractivity contribution in [3.05, 3.63) is 99.2 Å². The molecule has 1 aliphatic heterocycles. The van der Waals surface area contributed by atoms with Crippen molar-refractivity contribution in [2.45, 2.75) is 20.5 Å². The Balaban J connectivity index is 1.58. The summed E-state index contributed by atoms with van der Waals surface area (Å²) >= 11 is 6.48. The van der Waals surface area contributed by atoms with Gasteiger partial charge >= 0.3 is 5.97 Å². The number of ether oxygens (including phenoxy) is 3. The Bertz CT molecular complexity index is 1210. The highest BCUT2D eigenvalue weighted by atomic mass is 35.5. The number of nitrogens with zero attached hydrogens (tertiary/aromatic N) is 1. The number of methoxy groups -OCH3 is 1. The lowest BCUT2D eigenvalue weighted by Gasteiger charge is -2.13. The first-order valence-electron chi connectivity index (χ1n) is 10.1. The fraction of sp³-hybridized carbons (Fsp3) is 0.154. The maximum atomic E-state index is 12.3. The van der Waals surface area contributed by atoms with Gasteiger partial charge in [0.15, 0.2) is 17.2 Å². The zero-order valence-electron chi connectivity index (χ0n) is 18.0. The summed E-state index contributed by atoms with van der Waals surface area (Å²) in [5, 5.41) is 0.373. The molecule has 1 heterocycles. The van der Waals surface area contributed by atoms with Gasteiger partial charge < -0.3 is 14.2 Å². The first kappa shape index (κ1) is 21.7. The molecule has 0 aliphatic carbocycles. The fourth-order valence-corrected chi connectivity index (χ4v) is 3.46. The third-order valence-corrected chi connectivity index (χ3v) is 5.26. The number of rotatable bonds is 6. The molecule has 162 valence electrons. The summed E-state index contributed by atoms with van der Waals surface area (Å²) < 4.78 is 16.7. The second kappa shape index (κ2) is 9.28. The number of hydrogen-bond donors (Lipinski definition) is 0. The third kappa shape index (κ3) is 4.84. The zero-order valence-corrected chi connectivity index (χ0v) is 18.8. The SMILES string of the molecule is COc1cc(/C=C2\N=C(c3ccc(C)cc3)OC2=O)cc(Cl)c1OCc1ccc(C)cc1. The maximum absolute atomic E-state index is 12.3. The molecule has 3 aromatic rings. The van der Waals surface area contributed by atoms with Crippen molar-refractivity contribution in [2.24, 2.45) is 4.99 Å². The molecule has 1 aliphatic rings. The number of cyclic esters (lactones) is 1. The zero-order chi connectivity index (χ0) is 22.7. The van der Waals surface area contributed by atoms with Crippen LogP contribution in [0, 0.1) is 13.8 Å². The van der Waals surface area contributed by atoms with E-state index in [1.54, 1.807) is 25.3 Å². The van der Waals surface area contributed by atoms with Crippen molar-refractivity contribution < 1.29 is 19.0 Å². The Kier molecular flexibility index (Phi) is 6.28. The standard InChI is InChI=1S/C26H22ClNO4/c1-16-4-8-18(9-5-16)15-31-24-21(27)12-19(14-23(24)30-3)13-22-26(29)32-25(28-22)20-10-6-17(2)7-11-20/h4-14H,15H2,1-3H3/b22-13-.